The zero-order chi connectivity index (χ0) is 44.8. The van der Waals surface area contributed by atoms with E-state index in [1.54, 1.807) is 48.5 Å². The van der Waals surface area contributed by atoms with E-state index < -0.39 is 102 Å². The van der Waals surface area contributed by atoms with E-state index in [0.717, 1.165) is 13.1 Å². The van der Waals surface area contributed by atoms with E-state index in [1.807, 2.05) is 32.8 Å². The maximum atomic E-state index is 14.4. The van der Waals surface area contributed by atoms with Crippen LogP contribution < -0.4 is 0 Å². The number of rotatable bonds is 13. The Morgan fingerprint density at radius 1 is 0.881 bits per heavy atom. The van der Waals surface area contributed by atoms with Crippen molar-refractivity contribution in [2.75, 3.05) is 47.4 Å². The quantitative estimate of drug-likeness (QED) is 0.103. The van der Waals surface area contributed by atoms with E-state index in [4.69, 9.17) is 33.3 Å². The van der Waals surface area contributed by atoms with Crippen molar-refractivity contribution in [1.29, 1.82) is 0 Å². The van der Waals surface area contributed by atoms with Gasteiger partial charge in [-0.2, -0.15) is 0 Å². The van der Waals surface area contributed by atoms with Crippen LogP contribution in [0.3, 0.4) is 0 Å². The number of aliphatic hydroxyl groups is 5. The third kappa shape index (κ3) is 12.3. The first kappa shape index (κ1) is 51.8. The molecule has 0 saturated carbocycles. The van der Waals surface area contributed by atoms with Crippen molar-refractivity contribution < 1.29 is 63.6 Å². The lowest BCUT2D eigenvalue weighted by molar-refractivity contribution is -0.317. The van der Waals surface area contributed by atoms with E-state index in [-0.39, 0.29) is 38.0 Å². The van der Waals surface area contributed by atoms with E-state index in [0.29, 0.717) is 18.7 Å². The van der Waals surface area contributed by atoms with Gasteiger partial charge in [0.25, 0.3) is 0 Å². The summed E-state index contributed by atoms with van der Waals surface area (Å²) < 4.78 is 37.8. The SMILES string of the molecule is CC[C@@H]1OC(=O)C(C)[C@H](O[C@H]2C[C@@](C)(OC)[C@@H](O)[C@@H](C)O2)C(C)[C@@H](O[C@H]2O[C@@H](C)CC(N(C)C)[C@H]2O)[C@](C)(O)C[C@@H](C)/C(=N/OCCN(CC)CC)[C@H](C)[C@@H](O)[C@]1(C)O. The average Bonchev–Trinajstić information content (AvgIpc) is 3.17. The second-order valence-corrected chi connectivity index (χ2v) is 18.4. The highest BCUT2D eigenvalue weighted by Crippen LogP contribution is 2.41. The molecule has 0 aromatic heterocycles. The fourth-order valence-corrected chi connectivity index (χ4v) is 9.42. The molecule has 346 valence electrons. The number of hydrogen-bond acceptors (Lipinski definition) is 16. The minimum atomic E-state index is -1.93. The van der Waals surface area contributed by atoms with Crippen molar-refractivity contribution in [3.63, 3.8) is 0 Å². The van der Waals surface area contributed by atoms with Crippen LogP contribution >= 0.6 is 0 Å². The third-order valence-corrected chi connectivity index (χ3v) is 13.4. The van der Waals surface area contributed by atoms with Crippen LogP contribution in [0.15, 0.2) is 5.16 Å². The molecule has 0 bridgehead atoms. The smallest absolute Gasteiger partial charge is 0.311 e. The van der Waals surface area contributed by atoms with Crippen LogP contribution in [0.4, 0.5) is 0 Å². The summed E-state index contributed by atoms with van der Waals surface area (Å²) in [6.45, 7) is 23.9. The molecule has 0 radical (unpaired) electrons. The number of cyclic esters (lactones) is 1. The van der Waals surface area contributed by atoms with Gasteiger partial charge in [0.1, 0.15) is 30.5 Å². The molecule has 18 atom stereocenters. The predicted molar refractivity (Wildman–Crippen MR) is 222 cm³/mol. The highest BCUT2D eigenvalue weighted by Gasteiger charge is 2.53. The first-order valence-corrected chi connectivity index (χ1v) is 21.8. The first-order valence-electron chi connectivity index (χ1n) is 21.8. The fraction of sp³-hybridized carbons (Fsp3) is 0.953. The average molecular weight is 848 g/mol. The highest BCUT2D eigenvalue weighted by atomic mass is 16.7. The van der Waals surface area contributed by atoms with Gasteiger partial charge in [-0.3, -0.25) is 4.79 Å². The predicted octanol–water partition coefficient (Wildman–Crippen LogP) is 2.93. The third-order valence-electron chi connectivity index (χ3n) is 13.4. The molecule has 3 unspecified atom stereocenters. The van der Waals surface area contributed by atoms with Crippen LogP contribution in [0.5, 0.6) is 0 Å². The van der Waals surface area contributed by atoms with Crippen LogP contribution in [-0.2, 0) is 38.1 Å². The minimum absolute atomic E-state index is 0.0164. The fourth-order valence-electron chi connectivity index (χ4n) is 9.42. The van der Waals surface area contributed by atoms with Gasteiger partial charge in [-0.15, -0.1) is 0 Å². The highest BCUT2D eigenvalue weighted by molar-refractivity contribution is 5.88. The molecular weight excluding hydrogens is 766 g/mol. The van der Waals surface area contributed by atoms with E-state index in [2.05, 4.69) is 23.9 Å². The number of carbonyl (C=O) groups is 1. The molecule has 3 aliphatic rings. The molecule has 3 aliphatic heterocycles. The summed E-state index contributed by atoms with van der Waals surface area (Å²) in [6, 6.07) is -0.314. The van der Waals surface area contributed by atoms with Crippen LogP contribution in [0, 0.1) is 23.7 Å². The van der Waals surface area contributed by atoms with Crippen LogP contribution in [0.1, 0.15) is 109 Å². The maximum Gasteiger partial charge on any atom is 0.311 e. The monoisotopic (exact) mass is 848 g/mol. The molecule has 3 heterocycles. The van der Waals surface area contributed by atoms with Gasteiger partial charge in [-0.05, 0) is 88.0 Å². The lowest BCUT2D eigenvalue weighted by Crippen LogP contribution is -2.61. The number of carbonyl (C=O) groups excluding carboxylic acids is 1. The summed E-state index contributed by atoms with van der Waals surface area (Å²) >= 11 is 0. The number of aliphatic hydroxyl groups excluding tert-OH is 3. The van der Waals surface area contributed by atoms with Gasteiger partial charge >= 0.3 is 5.97 Å². The molecule has 59 heavy (non-hydrogen) atoms. The Kier molecular flexibility index (Phi) is 19.1. The summed E-state index contributed by atoms with van der Waals surface area (Å²) in [4.78, 5) is 24.4. The molecule has 3 fully saturated rings. The Hall–Kier alpha value is -1.54. The van der Waals surface area contributed by atoms with Crippen LogP contribution in [0.25, 0.3) is 0 Å². The number of ether oxygens (including phenoxy) is 6. The summed E-state index contributed by atoms with van der Waals surface area (Å²) in [5.74, 6) is -3.96. The van der Waals surface area contributed by atoms with Gasteiger partial charge in [0.2, 0.25) is 0 Å². The van der Waals surface area contributed by atoms with Gasteiger partial charge in [0.15, 0.2) is 12.6 Å². The van der Waals surface area contributed by atoms with Crippen molar-refractivity contribution in [1.82, 2.24) is 9.80 Å². The summed E-state index contributed by atoms with van der Waals surface area (Å²) in [5.41, 5.74) is -4.32. The summed E-state index contributed by atoms with van der Waals surface area (Å²) in [7, 11) is 5.25. The molecule has 3 rings (SSSR count). The Morgan fingerprint density at radius 2 is 1.51 bits per heavy atom. The second-order valence-electron chi connectivity index (χ2n) is 18.4. The normalized spacial score (nSPS) is 45.4. The largest absolute Gasteiger partial charge is 0.459 e. The number of nitrogens with zero attached hydrogens (tertiary/aromatic N) is 3. The van der Waals surface area contributed by atoms with Crippen LogP contribution in [-0.4, -0.2) is 179 Å². The topological polar surface area (TPSA) is 202 Å². The lowest BCUT2D eigenvalue weighted by atomic mass is 9.73. The lowest BCUT2D eigenvalue weighted by Gasteiger charge is -2.49. The zero-order valence-corrected chi connectivity index (χ0v) is 38.7. The van der Waals surface area contributed by atoms with Crippen molar-refractivity contribution >= 4 is 11.7 Å². The maximum absolute atomic E-state index is 14.4. The number of hydrogen-bond donors (Lipinski definition) is 5. The molecule has 3 saturated heterocycles. The number of likely N-dealkylation sites (N-methyl/N-ethyl adjacent to an activating group) is 2. The van der Waals surface area contributed by atoms with Crippen molar-refractivity contribution in [2.45, 2.75) is 193 Å². The standard InChI is InChI=1S/C43H81N3O13/c1-16-31-43(12,52)36(48)26(6)33(44-54-20-19-46(17-2)18-3)24(4)22-41(10,51)38(59-40-34(47)30(45(13)14)21-25(5)55-40)27(7)35(28(8)39(50)57-31)58-32-23-42(11,53-15)37(49)29(9)56-32/h24-32,34-38,40,47-49,51-52H,16-23H2,1-15H3/b44-33-/t24-,25+,26+,27?,28?,29-,30?,31+,32+,34-,35-,36-,37+,38-,40-,41-,42-,43-/m1/s1. The Balaban J connectivity index is 2.23. The molecule has 5 N–H and O–H groups in total. The number of methoxy groups -OCH3 is 1. The first-order chi connectivity index (χ1) is 27.4. The van der Waals surface area contributed by atoms with Crippen LogP contribution in [0.2, 0.25) is 0 Å². The molecule has 0 aliphatic carbocycles. The number of esters is 1. The molecule has 16 nitrogen and oxygen atoms in total. The zero-order valence-electron chi connectivity index (χ0n) is 38.7. The molecule has 0 amide bonds. The molecule has 16 heteroatoms. The Labute approximate surface area is 353 Å². The van der Waals surface area contributed by atoms with Gasteiger partial charge in [0, 0.05) is 43.9 Å². The van der Waals surface area contributed by atoms with Crippen molar-refractivity contribution in [3.05, 3.63) is 0 Å². The summed E-state index contributed by atoms with van der Waals surface area (Å²) in [6.07, 6.45) is -9.19. The van der Waals surface area contributed by atoms with E-state index in [1.165, 1.54) is 14.0 Å². The second kappa shape index (κ2) is 21.7. The van der Waals surface area contributed by atoms with Crippen molar-refractivity contribution in [2.24, 2.45) is 28.8 Å². The minimum Gasteiger partial charge on any atom is -0.459 e. The van der Waals surface area contributed by atoms with Gasteiger partial charge in [-0.1, -0.05) is 46.7 Å². The van der Waals surface area contributed by atoms with Gasteiger partial charge in [-0.25, -0.2) is 0 Å². The Morgan fingerprint density at radius 3 is 2.07 bits per heavy atom. The molecule has 0 aromatic carbocycles. The molecule has 0 spiro atoms. The Bertz CT molecular complexity index is 1330. The number of oxime groups is 1. The van der Waals surface area contributed by atoms with Crippen molar-refractivity contribution in [3.8, 4) is 0 Å². The van der Waals surface area contributed by atoms with E-state index in [9.17, 15) is 30.3 Å². The van der Waals surface area contributed by atoms with Gasteiger partial charge in [0.05, 0.1) is 53.4 Å². The van der Waals surface area contributed by atoms with E-state index >= 15 is 0 Å². The summed E-state index contributed by atoms with van der Waals surface area (Å²) in [5, 5.41) is 64.0. The molecule has 0 aromatic rings. The van der Waals surface area contributed by atoms with Gasteiger partial charge < -0.3 is 68.6 Å². The molecular formula is C43H81N3O13.